The summed E-state index contributed by atoms with van der Waals surface area (Å²) in [6.45, 7) is 0.981. The maximum absolute atomic E-state index is 13.2. The van der Waals surface area contributed by atoms with E-state index in [0.717, 1.165) is 11.1 Å². The van der Waals surface area contributed by atoms with Crippen molar-refractivity contribution in [3.05, 3.63) is 89.0 Å². The van der Waals surface area contributed by atoms with E-state index in [0.29, 0.717) is 35.7 Å². The smallest absolute Gasteiger partial charge is 0.298 e. The Morgan fingerprint density at radius 2 is 1.73 bits per heavy atom. The SMILES string of the molecule is COc1cccc2nc(-c3ccncc3)n(OCCOCc3ccccc3)c(=O)c12. The molecule has 7 heteroatoms. The summed E-state index contributed by atoms with van der Waals surface area (Å²) in [5, 5.41) is 0.364. The molecule has 0 aliphatic carbocycles. The molecule has 2 heterocycles. The van der Waals surface area contributed by atoms with Gasteiger partial charge in [0.05, 0.1) is 25.8 Å². The fourth-order valence-corrected chi connectivity index (χ4v) is 3.11. The van der Waals surface area contributed by atoms with Crippen molar-refractivity contribution in [3.8, 4) is 17.1 Å². The quantitative estimate of drug-likeness (QED) is 0.421. The molecule has 0 bridgehead atoms. The van der Waals surface area contributed by atoms with Gasteiger partial charge >= 0.3 is 0 Å². The van der Waals surface area contributed by atoms with Crippen LogP contribution in [0.5, 0.6) is 5.75 Å². The predicted octanol–water partition coefficient (Wildman–Crippen LogP) is 3.11. The van der Waals surface area contributed by atoms with E-state index in [2.05, 4.69) is 9.97 Å². The van der Waals surface area contributed by atoms with Crippen LogP contribution in [-0.4, -0.2) is 35.0 Å². The summed E-state index contributed by atoms with van der Waals surface area (Å²) in [6.07, 6.45) is 3.29. The summed E-state index contributed by atoms with van der Waals surface area (Å²) >= 11 is 0. The Morgan fingerprint density at radius 3 is 2.50 bits per heavy atom. The van der Waals surface area contributed by atoms with E-state index in [9.17, 15) is 4.79 Å². The largest absolute Gasteiger partial charge is 0.496 e. The zero-order valence-electron chi connectivity index (χ0n) is 16.5. The second-order valence-electron chi connectivity index (χ2n) is 6.50. The minimum Gasteiger partial charge on any atom is -0.496 e. The van der Waals surface area contributed by atoms with Gasteiger partial charge in [-0.25, -0.2) is 4.98 Å². The molecule has 0 fully saturated rings. The van der Waals surface area contributed by atoms with Gasteiger partial charge in [0.1, 0.15) is 17.7 Å². The van der Waals surface area contributed by atoms with Crippen LogP contribution in [0.15, 0.2) is 77.9 Å². The molecule has 0 atom stereocenters. The third-order valence-corrected chi connectivity index (χ3v) is 4.54. The number of aromatic nitrogens is 3. The maximum Gasteiger partial charge on any atom is 0.298 e. The molecular formula is C23H21N3O4. The highest BCUT2D eigenvalue weighted by Gasteiger charge is 2.17. The summed E-state index contributed by atoms with van der Waals surface area (Å²) in [7, 11) is 1.52. The van der Waals surface area contributed by atoms with Crippen molar-refractivity contribution in [2.75, 3.05) is 20.3 Å². The third-order valence-electron chi connectivity index (χ3n) is 4.54. The fraction of sp³-hybridized carbons (Fsp3) is 0.174. The monoisotopic (exact) mass is 403 g/mol. The third kappa shape index (κ3) is 4.16. The topological polar surface area (TPSA) is 75.5 Å². The van der Waals surface area contributed by atoms with E-state index in [1.807, 2.05) is 30.3 Å². The Balaban J connectivity index is 1.61. The van der Waals surface area contributed by atoms with Crippen molar-refractivity contribution >= 4 is 10.9 Å². The van der Waals surface area contributed by atoms with Gasteiger partial charge < -0.3 is 14.3 Å². The average molecular weight is 403 g/mol. The number of pyridine rings is 1. The van der Waals surface area contributed by atoms with Crippen LogP contribution in [0.25, 0.3) is 22.3 Å². The van der Waals surface area contributed by atoms with Crippen LogP contribution < -0.4 is 15.1 Å². The van der Waals surface area contributed by atoms with Gasteiger partial charge in [-0.05, 0) is 29.8 Å². The number of hydrogen-bond donors (Lipinski definition) is 0. The van der Waals surface area contributed by atoms with Crippen molar-refractivity contribution < 1.29 is 14.3 Å². The van der Waals surface area contributed by atoms with Crippen molar-refractivity contribution in [2.24, 2.45) is 0 Å². The number of fused-ring (bicyclic) bond motifs is 1. The van der Waals surface area contributed by atoms with E-state index in [1.54, 1.807) is 42.7 Å². The maximum atomic E-state index is 13.2. The molecule has 2 aromatic carbocycles. The van der Waals surface area contributed by atoms with E-state index in [4.69, 9.17) is 14.3 Å². The Kier molecular flexibility index (Phi) is 6.01. The minimum atomic E-state index is -0.340. The van der Waals surface area contributed by atoms with Gasteiger partial charge in [0, 0.05) is 18.0 Å². The Labute approximate surface area is 173 Å². The number of hydrogen-bond acceptors (Lipinski definition) is 6. The van der Waals surface area contributed by atoms with Gasteiger partial charge in [-0.15, -0.1) is 4.73 Å². The summed E-state index contributed by atoms with van der Waals surface area (Å²) in [6, 6.07) is 18.7. The van der Waals surface area contributed by atoms with Crippen molar-refractivity contribution in [2.45, 2.75) is 6.61 Å². The molecule has 152 valence electrons. The highest BCUT2D eigenvalue weighted by atomic mass is 16.7. The molecule has 0 radical (unpaired) electrons. The minimum absolute atomic E-state index is 0.188. The number of benzene rings is 2. The fourth-order valence-electron chi connectivity index (χ4n) is 3.11. The number of nitrogens with zero attached hydrogens (tertiary/aromatic N) is 3. The van der Waals surface area contributed by atoms with Gasteiger partial charge in [-0.1, -0.05) is 36.4 Å². The summed E-state index contributed by atoms with van der Waals surface area (Å²) in [5.41, 5.74) is 1.99. The molecule has 0 amide bonds. The highest BCUT2D eigenvalue weighted by molar-refractivity contribution is 5.85. The van der Waals surface area contributed by atoms with E-state index >= 15 is 0 Å². The second kappa shape index (κ2) is 9.19. The number of rotatable bonds is 8. The normalized spacial score (nSPS) is 10.8. The molecule has 30 heavy (non-hydrogen) atoms. The van der Waals surface area contributed by atoms with Crippen LogP contribution in [0.4, 0.5) is 0 Å². The number of methoxy groups -OCH3 is 1. The van der Waals surface area contributed by atoms with Crippen molar-refractivity contribution in [1.82, 2.24) is 14.7 Å². The van der Waals surface area contributed by atoms with Crippen LogP contribution in [0.3, 0.4) is 0 Å². The van der Waals surface area contributed by atoms with Crippen LogP contribution in [0.2, 0.25) is 0 Å². The first-order valence-corrected chi connectivity index (χ1v) is 9.53. The van der Waals surface area contributed by atoms with E-state index < -0.39 is 0 Å². The highest BCUT2D eigenvalue weighted by Crippen LogP contribution is 2.23. The zero-order chi connectivity index (χ0) is 20.8. The van der Waals surface area contributed by atoms with Crippen LogP contribution in [0, 0.1) is 0 Å². The number of ether oxygens (including phenoxy) is 2. The van der Waals surface area contributed by atoms with Gasteiger partial charge in [0.15, 0.2) is 5.82 Å². The average Bonchev–Trinajstić information content (AvgIpc) is 2.80. The molecule has 0 aliphatic heterocycles. The molecule has 0 aliphatic rings. The molecule has 0 N–H and O–H groups in total. The van der Waals surface area contributed by atoms with E-state index in [-0.39, 0.29) is 12.2 Å². The molecule has 4 aromatic rings. The van der Waals surface area contributed by atoms with Crippen molar-refractivity contribution in [1.29, 1.82) is 0 Å². The van der Waals surface area contributed by atoms with Gasteiger partial charge in [-0.3, -0.25) is 9.78 Å². The van der Waals surface area contributed by atoms with Gasteiger partial charge in [0.2, 0.25) is 0 Å². The van der Waals surface area contributed by atoms with E-state index in [1.165, 1.54) is 11.8 Å². The molecular weight excluding hydrogens is 382 g/mol. The van der Waals surface area contributed by atoms with Crippen LogP contribution in [-0.2, 0) is 11.3 Å². The lowest BCUT2D eigenvalue weighted by Crippen LogP contribution is -2.31. The van der Waals surface area contributed by atoms with Gasteiger partial charge in [-0.2, -0.15) is 0 Å². The molecule has 7 nitrogen and oxygen atoms in total. The lowest BCUT2D eigenvalue weighted by molar-refractivity contribution is 0.0297. The lowest BCUT2D eigenvalue weighted by Gasteiger charge is -2.15. The molecule has 0 saturated carbocycles. The first-order chi connectivity index (χ1) is 14.8. The molecule has 0 spiro atoms. The second-order valence-corrected chi connectivity index (χ2v) is 6.50. The Bertz CT molecular complexity index is 1180. The first kappa shape index (κ1) is 19.6. The lowest BCUT2D eigenvalue weighted by atomic mass is 10.2. The molecule has 0 unspecified atom stereocenters. The summed E-state index contributed by atoms with van der Waals surface area (Å²) in [5.74, 6) is 0.843. The predicted molar refractivity (Wildman–Crippen MR) is 113 cm³/mol. The summed E-state index contributed by atoms with van der Waals surface area (Å²) < 4.78 is 12.2. The van der Waals surface area contributed by atoms with Gasteiger partial charge in [0.25, 0.3) is 5.56 Å². The molecule has 2 aromatic heterocycles. The first-order valence-electron chi connectivity index (χ1n) is 9.53. The zero-order valence-corrected chi connectivity index (χ0v) is 16.5. The Morgan fingerprint density at radius 1 is 0.933 bits per heavy atom. The molecule has 0 saturated heterocycles. The van der Waals surface area contributed by atoms with Crippen molar-refractivity contribution in [3.63, 3.8) is 0 Å². The standard InChI is InChI=1S/C23H21N3O4/c1-28-20-9-5-8-19-21(20)23(27)26(22(25-19)18-10-12-24-13-11-18)30-15-14-29-16-17-6-3-2-4-7-17/h2-13H,14-16H2,1H3. The molecule has 4 rings (SSSR count). The van der Waals surface area contributed by atoms with Crippen LogP contribution in [0.1, 0.15) is 5.56 Å². The summed E-state index contributed by atoms with van der Waals surface area (Å²) in [4.78, 5) is 27.7. The van der Waals surface area contributed by atoms with Crippen LogP contribution >= 0.6 is 0 Å². The Hall–Kier alpha value is -3.71.